The van der Waals surface area contributed by atoms with Crippen LogP contribution in [0, 0.1) is 10.1 Å². The molecule has 4 rings (SSSR count). The molecule has 7 nitrogen and oxygen atoms in total. The number of non-ortho nitro benzene ring substituents is 1. The molecule has 1 amide bonds. The molecule has 1 aromatic heterocycles. The van der Waals surface area contributed by atoms with E-state index in [4.69, 9.17) is 0 Å². The lowest BCUT2D eigenvalue weighted by atomic mass is 9.99. The predicted molar refractivity (Wildman–Crippen MR) is 103 cm³/mol. The molecule has 0 N–H and O–H groups in total. The van der Waals surface area contributed by atoms with Crippen LogP contribution in [0.1, 0.15) is 33.3 Å². The summed E-state index contributed by atoms with van der Waals surface area (Å²) in [5, 5.41) is 31.3. The van der Waals surface area contributed by atoms with Crippen molar-refractivity contribution in [2.45, 2.75) is 12.5 Å². The van der Waals surface area contributed by atoms with Crippen molar-refractivity contribution in [1.29, 1.82) is 0 Å². The van der Waals surface area contributed by atoms with Crippen LogP contribution in [0.5, 0.6) is 5.75 Å². The Hall–Kier alpha value is -3.52. The number of carbonyl (C=O) groups is 1. The zero-order valence-corrected chi connectivity index (χ0v) is 15.3. The van der Waals surface area contributed by atoms with Gasteiger partial charge in [-0.3, -0.25) is 14.9 Å². The van der Waals surface area contributed by atoms with Gasteiger partial charge in [-0.2, -0.15) is 5.10 Å². The minimum atomic E-state index is -0.697. The second-order valence-corrected chi connectivity index (χ2v) is 7.19. The summed E-state index contributed by atoms with van der Waals surface area (Å²) in [6, 6.07) is 15.3. The van der Waals surface area contributed by atoms with E-state index < -0.39 is 11.0 Å². The van der Waals surface area contributed by atoms with Gasteiger partial charge >= 0.3 is 0 Å². The van der Waals surface area contributed by atoms with E-state index in [1.807, 2.05) is 17.5 Å². The Balaban J connectivity index is 1.78. The third-order valence-electron chi connectivity index (χ3n) is 4.51. The van der Waals surface area contributed by atoms with Gasteiger partial charge < -0.3 is 5.11 Å². The number of benzene rings is 2. The van der Waals surface area contributed by atoms with Crippen molar-refractivity contribution >= 4 is 28.6 Å². The van der Waals surface area contributed by atoms with Gasteiger partial charge in [-0.1, -0.05) is 30.3 Å². The molecule has 1 aliphatic heterocycles. The first-order chi connectivity index (χ1) is 13.5. The second kappa shape index (κ2) is 7.24. The van der Waals surface area contributed by atoms with Crippen LogP contribution in [0.25, 0.3) is 0 Å². The number of hydrazone groups is 1. The Kier molecular flexibility index (Phi) is 4.62. The molecule has 1 atom stereocenters. The highest BCUT2D eigenvalue weighted by atomic mass is 32.1. The number of carbonyl (C=O) groups excluding carboxylic acids is 1. The third-order valence-corrected chi connectivity index (χ3v) is 5.43. The molecule has 0 radical (unpaired) electrons. The summed E-state index contributed by atoms with van der Waals surface area (Å²) in [4.78, 5) is 24.6. The molecule has 0 bridgehead atoms. The van der Waals surface area contributed by atoms with Gasteiger partial charge in [-0.25, -0.2) is 5.01 Å². The fourth-order valence-corrected chi connectivity index (χ4v) is 3.88. The highest BCUT2D eigenvalue weighted by Crippen LogP contribution is 2.39. The average molecular weight is 392 g/mol. The lowest BCUT2D eigenvalue weighted by Crippen LogP contribution is -2.27. The molecule has 2 aromatic carbocycles. The maximum atomic E-state index is 13.1. The first kappa shape index (κ1) is 17.9. The number of hydrogen-bond acceptors (Lipinski definition) is 6. The van der Waals surface area contributed by atoms with Gasteiger partial charge in [0.05, 0.1) is 21.6 Å². The Morgan fingerprint density at radius 3 is 2.61 bits per heavy atom. The quantitative estimate of drug-likeness (QED) is 0.499. The van der Waals surface area contributed by atoms with Crippen molar-refractivity contribution in [2.24, 2.45) is 5.10 Å². The van der Waals surface area contributed by atoms with Gasteiger partial charge in [0, 0.05) is 24.1 Å². The van der Waals surface area contributed by atoms with Crippen molar-refractivity contribution in [3.63, 3.8) is 0 Å². The van der Waals surface area contributed by atoms with Crippen LogP contribution in [0.3, 0.4) is 0 Å². The summed E-state index contributed by atoms with van der Waals surface area (Å²) >= 11 is 1.48. The van der Waals surface area contributed by atoms with E-state index in [0.29, 0.717) is 17.7 Å². The average Bonchev–Trinajstić information content (AvgIpc) is 3.38. The largest absolute Gasteiger partial charge is 0.872 e. The maximum Gasteiger partial charge on any atom is 0.274 e. The minimum absolute atomic E-state index is 0.189. The van der Waals surface area contributed by atoms with E-state index in [2.05, 4.69) is 5.10 Å². The standard InChI is InChI=1S/C20H15N3O4S/c24-18-9-8-14(23(26)27)11-15(18)17-12-16(19-7-4-10-28-19)21-22(17)20(25)13-5-2-1-3-6-13/h1-11,17,24H,12H2/p-1/t17-/m0/s1. The van der Waals surface area contributed by atoms with Gasteiger partial charge in [0.2, 0.25) is 0 Å². The van der Waals surface area contributed by atoms with Crippen molar-refractivity contribution < 1.29 is 14.8 Å². The van der Waals surface area contributed by atoms with Crippen LogP contribution in [0.15, 0.2) is 71.1 Å². The molecular formula is C20H14N3O4S-. The molecule has 1 aliphatic rings. The van der Waals surface area contributed by atoms with Gasteiger partial charge in [0.1, 0.15) is 0 Å². The summed E-state index contributed by atoms with van der Waals surface area (Å²) in [5.74, 6) is -0.716. The Morgan fingerprint density at radius 1 is 1.14 bits per heavy atom. The predicted octanol–water partition coefficient (Wildman–Crippen LogP) is 3.72. The van der Waals surface area contributed by atoms with Crippen molar-refractivity contribution in [2.75, 3.05) is 0 Å². The van der Waals surface area contributed by atoms with Crippen LogP contribution < -0.4 is 5.11 Å². The van der Waals surface area contributed by atoms with Crippen LogP contribution in [-0.2, 0) is 0 Å². The number of nitro groups is 1. The maximum absolute atomic E-state index is 13.1. The van der Waals surface area contributed by atoms with Crippen molar-refractivity contribution in [3.8, 4) is 5.75 Å². The number of rotatable bonds is 4. The molecule has 0 spiro atoms. The SMILES string of the molecule is O=C(c1ccccc1)N1N=C(c2cccs2)C[C@H]1c1cc([N+](=O)[O-])ccc1[O-]. The summed E-state index contributed by atoms with van der Waals surface area (Å²) in [5.41, 5.74) is 1.11. The van der Waals surface area contributed by atoms with Gasteiger partial charge in [0.25, 0.3) is 11.6 Å². The van der Waals surface area contributed by atoms with E-state index >= 15 is 0 Å². The zero-order chi connectivity index (χ0) is 19.7. The zero-order valence-electron chi connectivity index (χ0n) is 14.5. The number of hydrogen-bond donors (Lipinski definition) is 0. The van der Waals surface area contributed by atoms with E-state index in [0.717, 1.165) is 4.88 Å². The molecule has 8 heteroatoms. The Morgan fingerprint density at radius 2 is 1.93 bits per heavy atom. The first-order valence-electron chi connectivity index (χ1n) is 8.50. The van der Waals surface area contributed by atoms with Crippen molar-refractivity contribution in [3.05, 3.63) is 92.2 Å². The topological polar surface area (TPSA) is 98.9 Å². The second-order valence-electron chi connectivity index (χ2n) is 6.24. The highest BCUT2D eigenvalue weighted by molar-refractivity contribution is 7.12. The van der Waals surface area contributed by atoms with Gasteiger partial charge in [-0.05, 0) is 29.1 Å². The van der Waals surface area contributed by atoms with Crippen LogP contribution >= 0.6 is 11.3 Å². The molecule has 140 valence electrons. The Bertz CT molecular complexity index is 1060. The number of nitrogens with zero attached hydrogens (tertiary/aromatic N) is 3. The number of nitro benzene ring substituents is 1. The van der Waals surface area contributed by atoms with Gasteiger partial charge in [0.15, 0.2) is 0 Å². The smallest absolute Gasteiger partial charge is 0.274 e. The fraction of sp³-hybridized carbons (Fsp3) is 0.100. The van der Waals surface area contributed by atoms with E-state index in [1.54, 1.807) is 30.3 Å². The van der Waals surface area contributed by atoms with Gasteiger partial charge in [-0.15, -0.1) is 17.1 Å². The number of thiophene rings is 1. The molecule has 0 saturated heterocycles. The molecular weight excluding hydrogens is 378 g/mol. The first-order valence-corrected chi connectivity index (χ1v) is 9.38. The Labute approximate surface area is 164 Å². The molecule has 2 heterocycles. The van der Waals surface area contributed by atoms with Crippen LogP contribution in [-0.4, -0.2) is 21.6 Å². The monoisotopic (exact) mass is 392 g/mol. The van der Waals surface area contributed by atoms with Crippen molar-refractivity contribution in [1.82, 2.24) is 5.01 Å². The third kappa shape index (κ3) is 3.25. The molecule has 28 heavy (non-hydrogen) atoms. The molecule has 0 unspecified atom stereocenters. The summed E-state index contributed by atoms with van der Waals surface area (Å²) in [6.07, 6.45) is 0.315. The molecule has 3 aromatic rings. The van der Waals surface area contributed by atoms with Crippen LogP contribution in [0.4, 0.5) is 5.69 Å². The normalized spacial score (nSPS) is 16.1. The van der Waals surface area contributed by atoms with E-state index in [1.165, 1.54) is 34.5 Å². The molecule has 0 aliphatic carbocycles. The lowest BCUT2D eigenvalue weighted by Gasteiger charge is -2.25. The lowest BCUT2D eigenvalue weighted by molar-refractivity contribution is -0.385. The highest BCUT2D eigenvalue weighted by Gasteiger charge is 2.35. The van der Waals surface area contributed by atoms with E-state index in [-0.39, 0.29) is 22.9 Å². The summed E-state index contributed by atoms with van der Waals surface area (Å²) < 4.78 is 0. The molecule has 0 saturated carbocycles. The molecule has 0 fully saturated rings. The summed E-state index contributed by atoms with van der Waals surface area (Å²) in [6.45, 7) is 0. The fourth-order valence-electron chi connectivity index (χ4n) is 3.15. The minimum Gasteiger partial charge on any atom is -0.872 e. The van der Waals surface area contributed by atoms with Crippen LogP contribution in [0.2, 0.25) is 0 Å². The summed E-state index contributed by atoms with van der Waals surface area (Å²) in [7, 11) is 0. The number of amides is 1. The van der Waals surface area contributed by atoms with E-state index in [9.17, 15) is 20.0 Å².